The number of aromatic nitrogens is 3. The Bertz CT molecular complexity index is 777. The van der Waals surface area contributed by atoms with Crippen LogP contribution in [-0.2, 0) is 6.54 Å². The van der Waals surface area contributed by atoms with E-state index in [1.54, 1.807) is 18.3 Å². The summed E-state index contributed by atoms with van der Waals surface area (Å²) in [5.74, 6) is 0.729. The molecule has 0 radical (unpaired) electrons. The van der Waals surface area contributed by atoms with Crippen LogP contribution in [0, 0.1) is 5.82 Å². The lowest BCUT2D eigenvalue weighted by molar-refractivity contribution is 0.627. The smallest absolute Gasteiger partial charge is 0.244 e. The van der Waals surface area contributed by atoms with Gasteiger partial charge in [-0.2, -0.15) is 10.1 Å². The van der Waals surface area contributed by atoms with Crippen LogP contribution >= 0.6 is 15.9 Å². The summed E-state index contributed by atoms with van der Waals surface area (Å²) in [5, 5.41) is 14.1. The third-order valence-corrected chi connectivity index (χ3v) is 3.57. The number of hydrogen-bond donors (Lipinski definition) is 2. The van der Waals surface area contributed by atoms with Gasteiger partial charge in [0.1, 0.15) is 5.82 Å². The molecule has 0 fully saturated rings. The Morgan fingerprint density at radius 1 is 1.00 bits per heavy atom. The molecule has 3 rings (SSSR count). The molecule has 0 unspecified atom stereocenters. The predicted molar refractivity (Wildman–Crippen MR) is 91.0 cm³/mol. The lowest BCUT2D eigenvalue weighted by Gasteiger charge is -2.08. The molecule has 3 aromatic rings. The van der Waals surface area contributed by atoms with Crippen LogP contribution in [0.2, 0.25) is 0 Å². The molecule has 1 aromatic heterocycles. The van der Waals surface area contributed by atoms with Gasteiger partial charge in [-0.15, -0.1) is 5.10 Å². The first-order valence-corrected chi connectivity index (χ1v) is 7.69. The van der Waals surface area contributed by atoms with Gasteiger partial charge in [-0.1, -0.05) is 28.1 Å². The average molecular weight is 374 g/mol. The van der Waals surface area contributed by atoms with Gasteiger partial charge in [-0.05, 0) is 42.0 Å². The van der Waals surface area contributed by atoms with E-state index in [-0.39, 0.29) is 5.82 Å². The lowest BCUT2D eigenvalue weighted by atomic mass is 10.2. The Balaban J connectivity index is 1.65. The number of hydrogen-bond acceptors (Lipinski definition) is 5. The van der Waals surface area contributed by atoms with E-state index in [0.717, 1.165) is 15.7 Å². The van der Waals surface area contributed by atoms with Crippen molar-refractivity contribution in [3.63, 3.8) is 0 Å². The molecule has 7 heteroatoms. The van der Waals surface area contributed by atoms with Crippen molar-refractivity contribution in [2.45, 2.75) is 6.54 Å². The normalized spacial score (nSPS) is 10.3. The van der Waals surface area contributed by atoms with Crippen LogP contribution in [0.5, 0.6) is 0 Å². The minimum Gasteiger partial charge on any atom is -0.349 e. The van der Waals surface area contributed by atoms with Gasteiger partial charge in [0.2, 0.25) is 5.95 Å². The van der Waals surface area contributed by atoms with Crippen molar-refractivity contribution in [3.8, 4) is 0 Å². The molecule has 2 N–H and O–H groups in total. The summed E-state index contributed by atoms with van der Waals surface area (Å²) in [7, 11) is 0. The van der Waals surface area contributed by atoms with Gasteiger partial charge in [0.25, 0.3) is 0 Å². The fourth-order valence-electron chi connectivity index (χ4n) is 1.90. The van der Waals surface area contributed by atoms with Crippen LogP contribution in [0.25, 0.3) is 0 Å². The minimum absolute atomic E-state index is 0.257. The molecule has 23 heavy (non-hydrogen) atoms. The van der Waals surface area contributed by atoms with E-state index in [1.165, 1.54) is 12.1 Å². The maximum absolute atomic E-state index is 12.9. The Morgan fingerprint density at radius 3 is 2.48 bits per heavy atom. The van der Waals surface area contributed by atoms with E-state index in [4.69, 9.17) is 0 Å². The second-order valence-electron chi connectivity index (χ2n) is 4.78. The maximum atomic E-state index is 12.9. The average Bonchev–Trinajstić information content (AvgIpc) is 2.57. The van der Waals surface area contributed by atoms with Gasteiger partial charge in [-0.25, -0.2) is 4.39 Å². The highest BCUT2D eigenvalue weighted by atomic mass is 79.9. The van der Waals surface area contributed by atoms with Crippen molar-refractivity contribution in [2.75, 3.05) is 10.6 Å². The third kappa shape index (κ3) is 4.46. The summed E-state index contributed by atoms with van der Waals surface area (Å²) >= 11 is 3.39. The van der Waals surface area contributed by atoms with E-state index in [1.807, 2.05) is 24.3 Å². The molecular weight excluding hydrogens is 361 g/mol. The molecule has 0 saturated heterocycles. The second-order valence-corrected chi connectivity index (χ2v) is 5.69. The predicted octanol–water partition coefficient (Wildman–Crippen LogP) is 4.13. The minimum atomic E-state index is -0.257. The van der Waals surface area contributed by atoms with Crippen LogP contribution in [0.15, 0.2) is 59.2 Å². The Hall–Kier alpha value is -2.54. The van der Waals surface area contributed by atoms with E-state index >= 15 is 0 Å². The van der Waals surface area contributed by atoms with Crippen LogP contribution < -0.4 is 10.6 Å². The standard InChI is InChI=1S/C16H13BrFN5/c17-12-3-7-14(8-4-12)21-15-10-20-23-16(22-15)19-9-11-1-5-13(18)6-2-11/h1-8,10H,9H2,(H2,19,21,22,23). The van der Waals surface area contributed by atoms with Crippen molar-refractivity contribution in [1.29, 1.82) is 0 Å². The summed E-state index contributed by atoms with van der Waals surface area (Å²) in [4.78, 5) is 4.34. The number of nitrogens with one attached hydrogen (secondary N) is 2. The van der Waals surface area contributed by atoms with Gasteiger partial charge in [0, 0.05) is 16.7 Å². The molecule has 0 amide bonds. The van der Waals surface area contributed by atoms with Crippen LogP contribution in [0.3, 0.4) is 0 Å². The first kappa shape index (κ1) is 15.4. The molecule has 0 spiro atoms. The molecule has 116 valence electrons. The Kier molecular flexibility index (Phi) is 4.77. The van der Waals surface area contributed by atoms with Crippen molar-refractivity contribution in [3.05, 3.63) is 70.6 Å². The molecule has 5 nitrogen and oxygen atoms in total. The highest BCUT2D eigenvalue weighted by molar-refractivity contribution is 9.10. The first-order chi connectivity index (χ1) is 11.2. The van der Waals surface area contributed by atoms with Crippen molar-refractivity contribution in [2.24, 2.45) is 0 Å². The largest absolute Gasteiger partial charge is 0.349 e. The molecule has 0 saturated carbocycles. The monoisotopic (exact) mass is 373 g/mol. The maximum Gasteiger partial charge on any atom is 0.244 e. The number of anilines is 3. The van der Waals surface area contributed by atoms with Crippen molar-refractivity contribution in [1.82, 2.24) is 15.2 Å². The molecule has 0 bridgehead atoms. The van der Waals surface area contributed by atoms with Gasteiger partial charge in [0.15, 0.2) is 5.82 Å². The van der Waals surface area contributed by atoms with E-state index in [2.05, 4.69) is 41.7 Å². The molecule has 0 atom stereocenters. The summed E-state index contributed by atoms with van der Waals surface area (Å²) in [6.07, 6.45) is 1.55. The molecular formula is C16H13BrFN5. The quantitative estimate of drug-likeness (QED) is 0.703. The first-order valence-electron chi connectivity index (χ1n) is 6.90. The van der Waals surface area contributed by atoms with Gasteiger partial charge in [0.05, 0.1) is 6.20 Å². The number of halogens is 2. The van der Waals surface area contributed by atoms with Crippen LogP contribution in [0.1, 0.15) is 5.56 Å². The van der Waals surface area contributed by atoms with Gasteiger partial charge in [-0.3, -0.25) is 0 Å². The molecule has 2 aromatic carbocycles. The number of nitrogens with zero attached hydrogens (tertiary/aromatic N) is 3. The summed E-state index contributed by atoms with van der Waals surface area (Å²) < 4.78 is 13.9. The van der Waals surface area contributed by atoms with E-state index in [9.17, 15) is 4.39 Å². The van der Waals surface area contributed by atoms with Crippen molar-refractivity contribution < 1.29 is 4.39 Å². The zero-order chi connectivity index (χ0) is 16.1. The van der Waals surface area contributed by atoms with Gasteiger partial charge >= 0.3 is 0 Å². The molecule has 1 heterocycles. The fourth-order valence-corrected chi connectivity index (χ4v) is 2.17. The van der Waals surface area contributed by atoms with Crippen molar-refractivity contribution >= 4 is 33.4 Å². The molecule has 0 aliphatic rings. The highest BCUT2D eigenvalue weighted by Gasteiger charge is 2.02. The van der Waals surface area contributed by atoms with Gasteiger partial charge < -0.3 is 10.6 Å². The summed E-state index contributed by atoms with van der Waals surface area (Å²) in [5.41, 5.74) is 1.83. The van der Waals surface area contributed by atoms with Crippen LogP contribution in [0.4, 0.5) is 21.8 Å². The van der Waals surface area contributed by atoms with E-state index < -0.39 is 0 Å². The number of benzene rings is 2. The fraction of sp³-hybridized carbons (Fsp3) is 0.0625. The Morgan fingerprint density at radius 2 is 1.74 bits per heavy atom. The summed E-state index contributed by atoms with van der Waals surface area (Å²) in [6.45, 7) is 0.490. The summed E-state index contributed by atoms with van der Waals surface area (Å²) in [6, 6.07) is 14.0. The number of rotatable bonds is 5. The zero-order valence-electron chi connectivity index (χ0n) is 12.0. The van der Waals surface area contributed by atoms with Crippen LogP contribution in [-0.4, -0.2) is 15.2 Å². The molecule has 0 aliphatic carbocycles. The zero-order valence-corrected chi connectivity index (χ0v) is 13.6. The lowest BCUT2D eigenvalue weighted by Crippen LogP contribution is -2.06. The SMILES string of the molecule is Fc1ccc(CNc2nncc(Nc3ccc(Br)cc3)n2)cc1. The topological polar surface area (TPSA) is 62.7 Å². The molecule has 0 aliphatic heterocycles. The second kappa shape index (κ2) is 7.15. The van der Waals surface area contributed by atoms with E-state index in [0.29, 0.717) is 18.3 Å². The third-order valence-electron chi connectivity index (χ3n) is 3.04. The Labute approximate surface area is 141 Å². The highest BCUT2D eigenvalue weighted by Crippen LogP contribution is 2.18.